The SMILES string of the molecule is CCOC(=O)c1sc(C)nc1OC1CCN(C(=O)OC(C)(C)C)CC1. The van der Waals surface area contributed by atoms with E-state index in [0.29, 0.717) is 43.3 Å². The van der Waals surface area contributed by atoms with Gasteiger partial charge in [-0.15, -0.1) is 11.3 Å². The molecule has 1 aliphatic rings. The molecule has 1 fully saturated rings. The molecule has 0 bridgehead atoms. The minimum atomic E-state index is -0.503. The van der Waals surface area contributed by atoms with Crippen molar-refractivity contribution in [1.82, 2.24) is 9.88 Å². The van der Waals surface area contributed by atoms with Crippen LogP contribution in [0.1, 0.15) is 55.2 Å². The van der Waals surface area contributed by atoms with Crippen molar-refractivity contribution in [1.29, 1.82) is 0 Å². The number of ether oxygens (including phenoxy) is 3. The van der Waals surface area contributed by atoms with Crippen LogP contribution in [0.5, 0.6) is 5.88 Å². The monoisotopic (exact) mass is 370 g/mol. The number of aryl methyl sites for hydroxylation is 1. The summed E-state index contributed by atoms with van der Waals surface area (Å²) in [6.45, 7) is 10.6. The highest BCUT2D eigenvalue weighted by atomic mass is 32.1. The summed E-state index contributed by atoms with van der Waals surface area (Å²) in [5.74, 6) is -0.0778. The van der Waals surface area contributed by atoms with E-state index in [1.807, 2.05) is 27.7 Å². The topological polar surface area (TPSA) is 78.0 Å². The molecular formula is C17H26N2O5S. The highest BCUT2D eigenvalue weighted by Crippen LogP contribution is 2.28. The Labute approximate surface area is 152 Å². The quantitative estimate of drug-likeness (QED) is 0.756. The number of likely N-dealkylation sites (tertiary alicyclic amines) is 1. The molecule has 25 heavy (non-hydrogen) atoms. The fourth-order valence-corrected chi connectivity index (χ4v) is 3.20. The maximum atomic E-state index is 12.1. The van der Waals surface area contributed by atoms with E-state index in [9.17, 15) is 9.59 Å². The Balaban J connectivity index is 1.92. The van der Waals surface area contributed by atoms with Gasteiger partial charge in [0.05, 0.1) is 11.6 Å². The van der Waals surface area contributed by atoms with Gasteiger partial charge in [0.15, 0.2) is 4.88 Å². The number of hydrogen-bond acceptors (Lipinski definition) is 7. The first-order chi connectivity index (χ1) is 11.7. The molecule has 1 amide bonds. The van der Waals surface area contributed by atoms with Crippen molar-refractivity contribution < 1.29 is 23.8 Å². The highest BCUT2D eigenvalue weighted by Gasteiger charge is 2.29. The Bertz CT molecular complexity index is 615. The molecule has 0 N–H and O–H groups in total. The second kappa shape index (κ2) is 8.03. The lowest BCUT2D eigenvalue weighted by atomic mass is 10.1. The van der Waals surface area contributed by atoms with Crippen LogP contribution in [0.25, 0.3) is 0 Å². The van der Waals surface area contributed by atoms with Gasteiger partial charge < -0.3 is 19.1 Å². The van der Waals surface area contributed by atoms with Crippen LogP contribution in [0, 0.1) is 6.92 Å². The molecule has 1 aromatic rings. The van der Waals surface area contributed by atoms with E-state index in [1.165, 1.54) is 11.3 Å². The number of piperidine rings is 1. The van der Waals surface area contributed by atoms with Gasteiger partial charge in [-0.1, -0.05) is 0 Å². The smallest absolute Gasteiger partial charge is 0.410 e. The summed E-state index contributed by atoms with van der Waals surface area (Å²) in [5, 5.41) is 0.754. The molecule has 1 aliphatic heterocycles. The molecule has 0 saturated carbocycles. The van der Waals surface area contributed by atoms with Crippen molar-refractivity contribution >= 4 is 23.4 Å². The van der Waals surface area contributed by atoms with Gasteiger partial charge in [0.2, 0.25) is 5.88 Å². The fraction of sp³-hybridized carbons (Fsp3) is 0.706. The average Bonchev–Trinajstić information content (AvgIpc) is 2.87. The van der Waals surface area contributed by atoms with Gasteiger partial charge >= 0.3 is 12.1 Å². The van der Waals surface area contributed by atoms with Crippen LogP contribution in [-0.4, -0.2) is 53.3 Å². The lowest BCUT2D eigenvalue weighted by Gasteiger charge is -2.33. The van der Waals surface area contributed by atoms with Crippen molar-refractivity contribution in [2.45, 2.75) is 59.2 Å². The number of rotatable bonds is 4. The summed E-state index contributed by atoms with van der Waals surface area (Å²) in [4.78, 5) is 30.5. The van der Waals surface area contributed by atoms with Crippen LogP contribution in [0.4, 0.5) is 4.79 Å². The van der Waals surface area contributed by atoms with Gasteiger partial charge in [0, 0.05) is 25.9 Å². The molecule has 2 heterocycles. The number of hydrogen-bond donors (Lipinski definition) is 0. The van der Waals surface area contributed by atoms with Gasteiger partial charge in [-0.25, -0.2) is 14.6 Å². The fourth-order valence-electron chi connectivity index (χ4n) is 2.45. The zero-order valence-electron chi connectivity index (χ0n) is 15.5. The van der Waals surface area contributed by atoms with Gasteiger partial charge in [-0.3, -0.25) is 0 Å². The zero-order valence-corrected chi connectivity index (χ0v) is 16.3. The largest absolute Gasteiger partial charge is 0.473 e. The molecule has 1 aromatic heterocycles. The van der Waals surface area contributed by atoms with E-state index in [1.54, 1.807) is 11.8 Å². The lowest BCUT2D eigenvalue weighted by Crippen LogP contribution is -2.44. The number of esters is 1. The summed E-state index contributed by atoms with van der Waals surface area (Å²) < 4.78 is 16.4. The number of carbonyl (C=O) groups excluding carboxylic acids is 2. The minimum absolute atomic E-state index is 0.0895. The predicted molar refractivity (Wildman–Crippen MR) is 94.3 cm³/mol. The second-order valence-electron chi connectivity index (χ2n) is 6.87. The minimum Gasteiger partial charge on any atom is -0.473 e. The number of nitrogens with zero attached hydrogens (tertiary/aromatic N) is 2. The Morgan fingerprint density at radius 3 is 2.48 bits per heavy atom. The van der Waals surface area contributed by atoms with E-state index in [0.717, 1.165) is 5.01 Å². The van der Waals surface area contributed by atoms with Crippen LogP contribution in [0.3, 0.4) is 0 Å². The molecule has 2 rings (SSSR count). The number of aromatic nitrogens is 1. The van der Waals surface area contributed by atoms with Crippen LogP contribution < -0.4 is 4.74 Å². The van der Waals surface area contributed by atoms with Crippen LogP contribution in [-0.2, 0) is 9.47 Å². The molecule has 0 unspecified atom stereocenters. The average molecular weight is 370 g/mol. The molecule has 0 aromatic carbocycles. The Kier molecular flexibility index (Phi) is 6.26. The third-order valence-electron chi connectivity index (χ3n) is 3.54. The highest BCUT2D eigenvalue weighted by molar-refractivity contribution is 7.13. The molecular weight excluding hydrogens is 344 g/mol. The molecule has 0 atom stereocenters. The Morgan fingerprint density at radius 2 is 1.92 bits per heavy atom. The van der Waals surface area contributed by atoms with E-state index < -0.39 is 11.6 Å². The zero-order chi connectivity index (χ0) is 18.6. The van der Waals surface area contributed by atoms with Crippen molar-refractivity contribution in [2.75, 3.05) is 19.7 Å². The van der Waals surface area contributed by atoms with Gasteiger partial charge in [-0.2, -0.15) is 0 Å². The lowest BCUT2D eigenvalue weighted by molar-refractivity contribution is 0.0122. The predicted octanol–water partition coefficient (Wildman–Crippen LogP) is 3.41. The van der Waals surface area contributed by atoms with Crippen molar-refractivity contribution in [3.8, 4) is 5.88 Å². The first-order valence-electron chi connectivity index (χ1n) is 8.48. The van der Waals surface area contributed by atoms with Crippen LogP contribution in [0.2, 0.25) is 0 Å². The van der Waals surface area contributed by atoms with Crippen molar-refractivity contribution in [2.24, 2.45) is 0 Å². The summed E-state index contributed by atoms with van der Waals surface area (Å²) in [6.07, 6.45) is 0.937. The van der Waals surface area contributed by atoms with Crippen LogP contribution >= 0.6 is 11.3 Å². The van der Waals surface area contributed by atoms with Gasteiger partial charge in [0.1, 0.15) is 11.7 Å². The summed E-state index contributed by atoms with van der Waals surface area (Å²) in [6, 6.07) is 0. The second-order valence-corrected chi connectivity index (χ2v) is 8.08. The first kappa shape index (κ1) is 19.5. The maximum Gasteiger partial charge on any atom is 0.410 e. The number of amides is 1. The van der Waals surface area contributed by atoms with E-state index in [4.69, 9.17) is 14.2 Å². The Morgan fingerprint density at radius 1 is 1.28 bits per heavy atom. The molecule has 0 aliphatic carbocycles. The Hall–Kier alpha value is -1.83. The molecule has 140 valence electrons. The van der Waals surface area contributed by atoms with E-state index >= 15 is 0 Å². The van der Waals surface area contributed by atoms with Crippen LogP contribution in [0.15, 0.2) is 0 Å². The normalized spacial score (nSPS) is 15.8. The third-order valence-corrected chi connectivity index (χ3v) is 4.47. The summed E-state index contributed by atoms with van der Waals surface area (Å²) in [5.41, 5.74) is -0.503. The van der Waals surface area contributed by atoms with E-state index in [-0.39, 0.29) is 12.2 Å². The van der Waals surface area contributed by atoms with Gasteiger partial charge in [0.25, 0.3) is 0 Å². The number of carbonyl (C=O) groups is 2. The summed E-state index contributed by atoms with van der Waals surface area (Å²) >= 11 is 1.27. The molecule has 0 spiro atoms. The first-order valence-corrected chi connectivity index (χ1v) is 9.30. The summed E-state index contributed by atoms with van der Waals surface area (Å²) in [7, 11) is 0. The maximum absolute atomic E-state index is 12.1. The molecule has 7 nitrogen and oxygen atoms in total. The molecule has 0 radical (unpaired) electrons. The van der Waals surface area contributed by atoms with Gasteiger partial charge in [-0.05, 0) is 34.6 Å². The standard InChI is InChI=1S/C17H26N2O5S/c1-6-22-15(20)13-14(18-11(2)25-13)23-12-7-9-19(10-8-12)16(21)24-17(3,4)5/h12H,6-10H2,1-5H3. The van der Waals surface area contributed by atoms with Crippen molar-refractivity contribution in [3.63, 3.8) is 0 Å². The molecule has 1 saturated heterocycles. The van der Waals surface area contributed by atoms with E-state index in [2.05, 4.69) is 4.98 Å². The van der Waals surface area contributed by atoms with Crippen molar-refractivity contribution in [3.05, 3.63) is 9.88 Å². The molecule has 8 heteroatoms. The third kappa shape index (κ3) is 5.59. The number of thiazole rings is 1.